The Morgan fingerprint density at radius 1 is 1.27 bits per heavy atom. The highest BCUT2D eigenvalue weighted by Gasteiger charge is 2.33. The van der Waals surface area contributed by atoms with Crippen molar-refractivity contribution in [3.63, 3.8) is 0 Å². The normalized spacial score (nSPS) is 29.0. The summed E-state index contributed by atoms with van der Waals surface area (Å²) in [5, 5.41) is 0.933. The minimum absolute atomic E-state index is 0.283. The Hall–Kier alpha value is -0.790. The summed E-state index contributed by atoms with van der Waals surface area (Å²) in [5.74, 6) is 0.283. The molecule has 0 bridgehead atoms. The van der Waals surface area contributed by atoms with Crippen LogP contribution in [-0.2, 0) is 4.74 Å². The van der Waals surface area contributed by atoms with Crippen molar-refractivity contribution in [3.8, 4) is 0 Å². The first-order valence-corrected chi connectivity index (χ1v) is 5.81. The van der Waals surface area contributed by atoms with Gasteiger partial charge in [-0.1, -0.05) is 35.9 Å². The fourth-order valence-electron chi connectivity index (χ4n) is 2.56. The van der Waals surface area contributed by atoms with Gasteiger partial charge in [-0.3, -0.25) is 0 Å². The first-order chi connectivity index (χ1) is 7.36. The Balaban J connectivity index is 1.99. The molecule has 2 aliphatic rings. The minimum Gasteiger partial charge on any atom is -0.377 e. The van der Waals surface area contributed by atoms with E-state index in [1.165, 1.54) is 11.1 Å². The lowest BCUT2D eigenvalue weighted by Gasteiger charge is -2.19. The first kappa shape index (κ1) is 9.44. The van der Waals surface area contributed by atoms with E-state index in [9.17, 15) is 0 Å². The number of hydrogen-bond acceptors (Lipinski definition) is 1. The summed E-state index contributed by atoms with van der Waals surface area (Å²) in [4.78, 5) is 0. The van der Waals surface area contributed by atoms with Gasteiger partial charge in [0.15, 0.2) is 0 Å². The molecule has 1 aliphatic heterocycles. The molecular formula is C13H13ClO. The highest BCUT2D eigenvalue weighted by atomic mass is 35.5. The molecule has 2 atom stereocenters. The third kappa shape index (κ3) is 1.51. The van der Waals surface area contributed by atoms with Crippen molar-refractivity contribution in [2.24, 2.45) is 0 Å². The smallest absolute Gasteiger partial charge is 0.0693 e. The van der Waals surface area contributed by atoms with E-state index in [1.807, 2.05) is 0 Å². The second-order valence-corrected chi connectivity index (χ2v) is 4.62. The van der Waals surface area contributed by atoms with Crippen LogP contribution in [0.15, 0.2) is 29.3 Å². The van der Waals surface area contributed by atoms with Gasteiger partial charge in [0.1, 0.15) is 0 Å². The summed E-state index contributed by atoms with van der Waals surface area (Å²) in [6, 6.07) is 8.40. The summed E-state index contributed by atoms with van der Waals surface area (Å²) < 4.78 is 5.74. The van der Waals surface area contributed by atoms with E-state index in [1.54, 1.807) is 0 Å². The zero-order chi connectivity index (χ0) is 10.3. The maximum Gasteiger partial charge on any atom is 0.0693 e. The quantitative estimate of drug-likeness (QED) is 0.704. The van der Waals surface area contributed by atoms with Crippen molar-refractivity contribution >= 4 is 17.7 Å². The summed E-state index contributed by atoms with van der Waals surface area (Å²) in [5.41, 5.74) is 2.58. The molecule has 15 heavy (non-hydrogen) atoms. The average Bonchev–Trinajstić information content (AvgIpc) is 2.82. The monoisotopic (exact) mass is 220 g/mol. The topological polar surface area (TPSA) is 9.23 Å². The second-order valence-electron chi connectivity index (χ2n) is 4.19. The van der Waals surface area contributed by atoms with E-state index < -0.39 is 0 Å². The molecule has 3 rings (SSSR count). The van der Waals surface area contributed by atoms with Crippen molar-refractivity contribution in [1.29, 1.82) is 0 Å². The van der Waals surface area contributed by atoms with Crippen molar-refractivity contribution in [1.82, 2.24) is 0 Å². The summed E-state index contributed by atoms with van der Waals surface area (Å²) >= 11 is 6.30. The highest BCUT2D eigenvalue weighted by molar-refractivity contribution is 6.33. The molecule has 0 spiro atoms. The number of fused-ring (bicyclic) bond motifs is 1. The van der Waals surface area contributed by atoms with Crippen LogP contribution in [0.4, 0.5) is 0 Å². The lowest BCUT2D eigenvalue weighted by molar-refractivity contribution is 0.0997. The zero-order valence-electron chi connectivity index (χ0n) is 8.45. The van der Waals surface area contributed by atoms with Gasteiger partial charge in [0.25, 0.3) is 0 Å². The molecule has 2 heteroatoms. The van der Waals surface area contributed by atoms with Gasteiger partial charge in [0, 0.05) is 17.6 Å². The number of rotatable bonds is 1. The molecule has 1 aromatic carbocycles. The molecule has 0 saturated carbocycles. The standard InChI is InChI=1S/C13H13ClO/c14-11-8-9-4-1-2-5-10(9)13(11)12-6-3-7-15-12/h1-2,4-5,8,12-13H,3,6-7H2. The van der Waals surface area contributed by atoms with Crippen LogP contribution in [0.3, 0.4) is 0 Å². The third-order valence-corrected chi connectivity index (χ3v) is 3.60. The van der Waals surface area contributed by atoms with Crippen LogP contribution in [0.5, 0.6) is 0 Å². The first-order valence-electron chi connectivity index (χ1n) is 5.44. The molecule has 0 amide bonds. The van der Waals surface area contributed by atoms with E-state index in [-0.39, 0.29) is 12.0 Å². The van der Waals surface area contributed by atoms with Gasteiger partial charge >= 0.3 is 0 Å². The van der Waals surface area contributed by atoms with Crippen LogP contribution in [0, 0.1) is 0 Å². The highest BCUT2D eigenvalue weighted by Crippen LogP contribution is 2.43. The minimum atomic E-state index is 0.283. The van der Waals surface area contributed by atoms with Crippen LogP contribution in [0.1, 0.15) is 29.9 Å². The van der Waals surface area contributed by atoms with Gasteiger partial charge in [-0.2, -0.15) is 0 Å². The van der Waals surface area contributed by atoms with Crippen molar-refractivity contribution in [3.05, 3.63) is 40.4 Å². The van der Waals surface area contributed by atoms with E-state index in [0.717, 1.165) is 24.5 Å². The van der Waals surface area contributed by atoms with Gasteiger partial charge in [-0.25, -0.2) is 0 Å². The largest absolute Gasteiger partial charge is 0.377 e. The van der Waals surface area contributed by atoms with Gasteiger partial charge in [-0.05, 0) is 30.0 Å². The van der Waals surface area contributed by atoms with Gasteiger partial charge in [0.2, 0.25) is 0 Å². The summed E-state index contributed by atoms with van der Waals surface area (Å²) in [7, 11) is 0. The Bertz CT molecular complexity index is 405. The predicted octanol–water partition coefficient (Wildman–Crippen LogP) is 3.54. The number of hydrogen-bond donors (Lipinski definition) is 0. The molecule has 1 aliphatic carbocycles. The SMILES string of the molecule is ClC1=Cc2ccccc2C1C1CCCO1. The molecule has 1 nitrogen and oxygen atoms in total. The van der Waals surface area contributed by atoms with E-state index in [2.05, 4.69) is 30.3 Å². The van der Waals surface area contributed by atoms with Gasteiger partial charge < -0.3 is 4.74 Å². The molecule has 2 unspecified atom stereocenters. The molecular weight excluding hydrogens is 208 g/mol. The Morgan fingerprint density at radius 3 is 2.93 bits per heavy atom. The maximum absolute atomic E-state index is 6.30. The Morgan fingerprint density at radius 2 is 2.13 bits per heavy atom. The van der Waals surface area contributed by atoms with E-state index >= 15 is 0 Å². The molecule has 0 aromatic heterocycles. The molecule has 0 N–H and O–H groups in total. The van der Waals surface area contributed by atoms with Gasteiger partial charge in [-0.15, -0.1) is 0 Å². The molecule has 78 valence electrons. The van der Waals surface area contributed by atoms with Crippen molar-refractivity contribution < 1.29 is 4.74 Å². The summed E-state index contributed by atoms with van der Waals surface area (Å²) in [6.07, 6.45) is 4.65. The van der Waals surface area contributed by atoms with Crippen molar-refractivity contribution in [2.75, 3.05) is 6.61 Å². The number of ether oxygens (including phenoxy) is 1. The fourth-order valence-corrected chi connectivity index (χ4v) is 2.93. The molecule has 1 fully saturated rings. The molecule has 1 aromatic rings. The molecule has 1 heterocycles. The fraction of sp³-hybridized carbons (Fsp3) is 0.385. The van der Waals surface area contributed by atoms with Crippen LogP contribution < -0.4 is 0 Å². The maximum atomic E-state index is 6.30. The van der Waals surface area contributed by atoms with Crippen LogP contribution in [-0.4, -0.2) is 12.7 Å². The average molecular weight is 221 g/mol. The molecule has 0 radical (unpaired) electrons. The van der Waals surface area contributed by atoms with Crippen LogP contribution in [0.2, 0.25) is 0 Å². The summed E-state index contributed by atoms with van der Waals surface area (Å²) in [6.45, 7) is 0.882. The van der Waals surface area contributed by atoms with Crippen LogP contribution >= 0.6 is 11.6 Å². The van der Waals surface area contributed by atoms with E-state index in [4.69, 9.17) is 16.3 Å². The van der Waals surface area contributed by atoms with Crippen LogP contribution in [0.25, 0.3) is 6.08 Å². The predicted molar refractivity (Wildman–Crippen MR) is 62.0 cm³/mol. The lowest BCUT2D eigenvalue weighted by Crippen LogP contribution is -2.16. The van der Waals surface area contributed by atoms with E-state index in [0.29, 0.717) is 0 Å². The van der Waals surface area contributed by atoms with Gasteiger partial charge in [0.05, 0.1) is 6.10 Å². The second kappa shape index (κ2) is 3.66. The van der Waals surface area contributed by atoms with Crippen molar-refractivity contribution in [2.45, 2.75) is 24.9 Å². The third-order valence-electron chi connectivity index (χ3n) is 3.26. The number of halogens is 1. The zero-order valence-corrected chi connectivity index (χ0v) is 9.20. The molecule has 1 saturated heterocycles. The number of benzene rings is 1. The lowest BCUT2D eigenvalue weighted by atomic mass is 9.93. The Labute approximate surface area is 94.7 Å². The Kier molecular flexibility index (Phi) is 2.30.